The van der Waals surface area contributed by atoms with E-state index in [-0.39, 0.29) is 11.9 Å². The maximum absolute atomic E-state index is 11.9. The monoisotopic (exact) mass is 237 g/mol. The second kappa shape index (κ2) is 6.20. The Bertz CT molecular complexity index is 393. The lowest BCUT2D eigenvalue weighted by Gasteiger charge is -2.14. The fourth-order valence-electron chi connectivity index (χ4n) is 1.44. The number of nitrogens with one attached hydrogen (secondary N) is 1. The Labute approximate surface area is 101 Å². The number of methoxy groups -OCH3 is 1. The summed E-state index contributed by atoms with van der Waals surface area (Å²) in [6.45, 7) is 4.37. The zero-order chi connectivity index (χ0) is 12.8. The minimum atomic E-state index is -0.196. The van der Waals surface area contributed by atoms with Crippen LogP contribution in [0.4, 0.5) is 5.69 Å². The first kappa shape index (κ1) is 13.4. The fourth-order valence-corrected chi connectivity index (χ4v) is 1.44. The molecule has 94 valence electrons. The number of anilines is 1. The molecule has 0 fully saturated rings. The summed E-state index contributed by atoms with van der Waals surface area (Å²) < 4.78 is 4.95. The smallest absolute Gasteiger partial charge is 0.255 e. The highest BCUT2D eigenvalue weighted by Crippen LogP contribution is 2.11. The van der Waals surface area contributed by atoms with Gasteiger partial charge in [-0.05, 0) is 26.3 Å². The van der Waals surface area contributed by atoms with E-state index in [9.17, 15) is 4.79 Å². The number of ether oxygens (including phenoxy) is 1. The van der Waals surface area contributed by atoms with Crippen molar-refractivity contribution in [3.8, 4) is 0 Å². The lowest BCUT2D eigenvalue weighted by molar-refractivity contribution is 0.0930. The average molecular weight is 237 g/mol. The Hall–Kier alpha value is -1.62. The first-order valence-electron chi connectivity index (χ1n) is 5.56. The molecule has 1 rings (SSSR count). The fraction of sp³-hybridized carbons (Fsp3) is 0.500. The van der Waals surface area contributed by atoms with E-state index in [1.807, 2.05) is 13.8 Å². The maximum Gasteiger partial charge on any atom is 0.255 e. The quantitative estimate of drug-likeness (QED) is 0.804. The summed E-state index contributed by atoms with van der Waals surface area (Å²) >= 11 is 0. The Morgan fingerprint density at radius 2 is 2.35 bits per heavy atom. The van der Waals surface area contributed by atoms with Gasteiger partial charge in [-0.15, -0.1) is 0 Å². The third kappa shape index (κ3) is 4.03. The highest BCUT2D eigenvalue weighted by molar-refractivity contribution is 5.98. The summed E-state index contributed by atoms with van der Waals surface area (Å²) in [6.07, 6.45) is 2.27. The molecule has 0 bridgehead atoms. The summed E-state index contributed by atoms with van der Waals surface area (Å²) in [5.74, 6) is -0.196. The maximum atomic E-state index is 11.9. The summed E-state index contributed by atoms with van der Waals surface area (Å²) in [5.41, 5.74) is 7.44. The number of amides is 1. The van der Waals surface area contributed by atoms with Crippen molar-refractivity contribution in [2.75, 3.05) is 19.5 Å². The third-order valence-corrected chi connectivity index (χ3v) is 2.45. The highest BCUT2D eigenvalue weighted by Gasteiger charge is 2.12. The van der Waals surface area contributed by atoms with E-state index in [4.69, 9.17) is 10.5 Å². The Morgan fingerprint density at radius 3 is 2.94 bits per heavy atom. The summed E-state index contributed by atoms with van der Waals surface area (Å²) in [4.78, 5) is 15.9. The predicted octanol–water partition coefficient (Wildman–Crippen LogP) is 1.13. The summed E-state index contributed by atoms with van der Waals surface area (Å²) in [5, 5.41) is 2.85. The molecule has 3 N–H and O–H groups in total. The second-order valence-electron chi connectivity index (χ2n) is 4.07. The number of nitrogens with zero attached hydrogens (tertiary/aromatic N) is 1. The molecule has 0 aliphatic carbocycles. The van der Waals surface area contributed by atoms with Gasteiger partial charge in [0.05, 0.1) is 5.56 Å². The van der Waals surface area contributed by atoms with Crippen LogP contribution in [-0.4, -0.2) is 30.6 Å². The lowest BCUT2D eigenvalue weighted by Crippen LogP contribution is -2.33. The Kier molecular flexibility index (Phi) is 4.90. The normalized spacial score (nSPS) is 12.2. The lowest BCUT2D eigenvalue weighted by atomic mass is 10.1. The minimum absolute atomic E-state index is 0.0446. The molecule has 0 saturated carbocycles. The van der Waals surface area contributed by atoms with E-state index in [0.717, 1.165) is 12.1 Å². The van der Waals surface area contributed by atoms with Crippen molar-refractivity contribution in [3.63, 3.8) is 0 Å². The summed E-state index contributed by atoms with van der Waals surface area (Å²) in [7, 11) is 1.64. The van der Waals surface area contributed by atoms with Crippen LogP contribution in [0.3, 0.4) is 0 Å². The number of carbonyl (C=O) groups excluding carboxylic acids is 1. The van der Waals surface area contributed by atoms with Gasteiger partial charge in [0.2, 0.25) is 0 Å². The molecule has 5 heteroatoms. The standard InChI is InChI=1S/C12H19N3O2/c1-8(4-5-17-3)15-12(16)10-7-14-9(2)6-11(10)13/h6-8H,4-5H2,1-3H3,(H2,13,14)(H,15,16). The Morgan fingerprint density at radius 1 is 1.65 bits per heavy atom. The number of aromatic nitrogens is 1. The van der Waals surface area contributed by atoms with Crippen LogP contribution < -0.4 is 11.1 Å². The number of hydrogen-bond acceptors (Lipinski definition) is 4. The zero-order valence-electron chi connectivity index (χ0n) is 10.5. The van der Waals surface area contributed by atoms with Crippen LogP contribution in [0.1, 0.15) is 29.4 Å². The molecule has 0 aromatic carbocycles. The van der Waals surface area contributed by atoms with Crippen LogP contribution in [0, 0.1) is 6.92 Å². The van der Waals surface area contributed by atoms with E-state index in [1.54, 1.807) is 13.2 Å². The molecule has 0 saturated heterocycles. The van der Waals surface area contributed by atoms with Gasteiger partial charge in [0.15, 0.2) is 0 Å². The SMILES string of the molecule is COCCC(C)NC(=O)c1cnc(C)cc1N. The molecule has 0 aliphatic rings. The predicted molar refractivity (Wildman–Crippen MR) is 66.8 cm³/mol. The molecule has 1 aromatic heterocycles. The topological polar surface area (TPSA) is 77.2 Å². The molecule has 0 radical (unpaired) electrons. The largest absolute Gasteiger partial charge is 0.398 e. The molecule has 0 aliphatic heterocycles. The van der Waals surface area contributed by atoms with Crippen LogP contribution in [0.15, 0.2) is 12.3 Å². The summed E-state index contributed by atoms with van der Waals surface area (Å²) in [6, 6.07) is 1.73. The van der Waals surface area contributed by atoms with Gasteiger partial charge in [-0.25, -0.2) is 0 Å². The van der Waals surface area contributed by atoms with E-state index >= 15 is 0 Å². The van der Waals surface area contributed by atoms with Crippen LogP contribution in [0.5, 0.6) is 0 Å². The van der Waals surface area contributed by atoms with Crippen molar-refractivity contribution < 1.29 is 9.53 Å². The highest BCUT2D eigenvalue weighted by atomic mass is 16.5. The van der Waals surface area contributed by atoms with E-state index in [0.29, 0.717) is 17.9 Å². The van der Waals surface area contributed by atoms with Crippen molar-refractivity contribution in [3.05, 3.63) is 23.5 Å². The number of nitrogens with two attached hydrogens (primary N) is 1. The molecule has 1 amide bonds. The van der Waals surface area contributed by atoms with Gasteiger partial charge in [-0.1, -0.05) is 0 Å². The van der Waals surface area contributed by atoms with Gasteiger partial charge in [-0.2, -0.15) is 0 Å². The number of rotatable bonds is 5. The van der Waals surface area contributed by atoms with E-state index in [2.05, 4.69) is 10.3 Å². The van der Waals surface area contributed by atoms with Crippen molar-refractivity contribution in [1.82, 2.24) is 10.3 Å². The third-order valence-electron chi connectivity index (χ3n) is 2.45. The van der Waals surface area contributed by atoms with Crippen molar-refractivity contribution in [2.24, 2.45) is 0 Å². The minimum Gasteiger partial charge on any atom is -0.398 e. The number of hydrogen-bond donors (Lipinski definition) is 2. The molecule has 0 spiro atoms. The van der Waals surface area contributed by atoms with Crippen molar-refractivity contribution in [2.45, 2.75) is 26.3 Å². The number of aryl methyl sites for hydroxylation is 1. The Balaban J connectivity index is 2.63. The molecule has 1 aromatic rings. The van der Waals surface area contributed by atoms with Gasteiger partial charge in [0.25, 0.3) is 5.91 Å². The van der Waals surface area contributed by atoms with Gasteiger partial charge in [-0.3, -0.25) is 9.78 Å². The van der Waals surface area contributed by atoms with Gasteiger partial charge in [0, 0.05) is 37.3 Å². The molecule has 1 heterocycles. The van der Waals surface area contributed by atoms with E-state index in [1.165, 1.54) is 6.20 Å². The van der Waals surface area contributed by atoms with Gasteiger partial charge >= 0.3 is 0 Å². The molecule has 1 unspecified atom stereocenters. The molecular formula is C12H19N3O2. The molecule has 1 atom stereocenters. The number of pyridine rings is 1. The van der Waals surface area contributed by atoms with Crippen LogP contribution in [-0.2, 0) is 4.74 Å². The molecule has 17 heavy (non-hydrogen) atoms. The molecule has 5 nitrogen and oxygen atoms in total. The zero-order valence-corrected chi connectivity index (χ0v) is 10.5. The van der Waals surface area contributed by atoms with Crippen LogP contribution >= 0.6 is 0 Å². The molecular weight excluding hydrogens is 218 g/mol. The van der Waals surface area contributed by atoms with Gasteiger partial charge < -0.3 is 15.8 Å². The first-order valence-corrected chi connectivity index (χ1v) is 5.56. The number of nitrogen functional groups attached to an aromatic ring is 1. The average Bonchev–Trinajstić information content (AvgIpc) is 2.26. The van der Waals surface area contributed by atoms with Crippen LogP contribution in [0.2, 0.25) is 0 Å². The van der Waals surface area contributed by atoms with Gasteiger partial charge in [0.1, 0.15) is 0 Å². The number of carbonyl (C=O) groups is 1. The van der Waals surface area contributed by atoms with E-state index < -0.39 is 0 Å². The van der Waals surface area contributed by atoms with Crippen molar-refractivity contribution >= 4 is 11.6 Å². The van der Waals surface area contributed by atoms with Crippen molar-refractivity contribution in [1.29, 1.82) is 0 Å². The van der Waals surface area contributed by atoms with Crippen LogP contribution in [0.25, 0.3) is 0 Å². The first-order chi connectivity index (χ1) is 8.04. The second-order valence-corrected chi connectivity index (χ2v) is 4.07.